The highest BCUT2D eigenvalue weighted by atomic mass is 35.5. The molecule has 0 amide bonds. The molecule has 69 valence electrons. The molecule has 0 heterocycles. The summed E-state index contributed by atoms with van der Waals surface area (Å²) >= 11 is 5.85. The van der Waals surface area contributed by atoms with E-state index in [0.29, 0.717) is 5.02 Å². The molecule has 0 saturated carbocycles. The monoisotopic (exact) mass is 203 g/mol. The molecule has 0 saturated heterocycles. The zero-order chi connectivity index (χ0) is 9.97. The van der Waals surface area contributed by atoms with Gasteiger partial charge in [0.1, 0.15) is 5.75 Å². The fourth-order valence-electron chi connectivity index (χ4n) is 1.31. The second-order valence-corrected chi connectivity index (χ2v) is 3.39. The average Bonchev–Trinajstić information content (AvgIpc) is 2.23. The summed E-state index contributed by atoms with van der Waals surface area (Å²) in [4.78, 5) is 0. The van der Waals surface area contributed by atoms with E-state index in [1.807, 2.05) is 12.1 Å². The van der Waals surface area contributed by atoms with E-state index in [9.17, 15) is 5.11 Å². The third-order valence-electron chi connectivity index (χ3n) is 1.99. The van der Waals surface area contributed by atoms with Gasteiger partial charge >= 0.3 is 0 Å². The van der Waals surface area contributed by atoms with Crippen LogP contribution in [0.5, 0.6) is 5.75 Å². The topological polar surface area (TPSA) is 20.2 Å². The Labute approximate surface area is 87.6 Å². The summed E-state index contributed by atoms with van der Waals surface area (Å²) in [5, 5.41) is 10.2. The van der Waals surface area contributed by atoms with Gasteiger partial charge in [0.2, 0.25) is 0 Å². The first kappa shape index (κ1) is 9.10. The molecule has 0 aliphatic rings. The van der Waals surface area contributed by atoms with E-state index in [2.05, 4.69) is 6.07 Å². The van der Waals surface area contributed by atoms with E-state index in [4.69, 9.17) is 11.6 Å². The highest BCUT2D eigenvalue weighted by Crippen LogP contribution is 2.31. The third-order valence-corrected chi connectivity index (χ3v) is 2.22. The number of rotatable bonds is 1. The lowest BCUT2D eigenvalue weighted by Crippen LogP contribution is -1.78. The van der Waals surface area contributed by atoms with Crippen molar-refractivity contribution in [3.8, 4) is 16.9 Å². The fourth-order valence-corrected chi connectivity index (χ4v) is 1.48. The SMILES string of the molecule is Oc1ccc(Cl)cc1-c1cc[c]cc1. The van der Waals surface area contributed by atoms with Crippen molar-refractivity contribution >= 4 is 11.6 Å². The Bertz CT molecular complexity index is 437. The van der Waals surface area contributed by atoms with E-state index in [-0.39, 0.29) is 5.75 Å². The summed E-state index contributed by atoms with van der Waals surface area (Å²) in [6.45, 7) is 0. The van der Waals surface area contributed by atoms with Crippen molar-refractivity contribution in [1.82, 2.24) is 0 Å². The summed E-state index contributed by atoms with van der Waals surface area (Å²) in [6.07, 6.45) is 0. The van der Waals surface area contributed by atoms with Crippen LogP contribution >= 0.6 is 11.6 Å². The molecule has 1 nitrogen and oxygen atoms in total. The quantitative estimate of drug-likeness (QED) is 0.752. The molecule has 0 unspecified atom stereocenters. The Hall–Kier alpha value is -1.47. The van der Waals surface area contributed by atoms with Gasteiger partial charge in [0.05, 0.1) is 0 Å². The number of benzene rings is 2. The second kappa shape index (κ2) is 3.72. The maximum atomic E-state index is 9.62. The van der Waals surface area contributed by atoms with Crippen LogP contribution in [0.1, 0.15) is 0 Å². The van der Waals surface area contributed by atoms with Crippen LogP contribution in [-0.2, 0) is 0 Å². The Kier molecular flexibility index (Phi) is 2.42. The Morgan fingerprint density at radius 2 is 1.79 bits per heavy atom. The van der Waals surface area contributed by atoms with Crippen LogP contribution in [-0.4, -0.2) is 5.11 Å². The van der Waals surface area contributed by atoms with Gasteiger partial charge in [-0.25, -0.2) is 0 Å². The van der Waals surface area contributed by atoms with Gasteiger partial charge in [-0.3, -0.25) is 0 Å². The zero-order valence-electron chi connectivity index (χ0n) is 7.37. The van der Waals surface area contributed by atoms with Gasteiger partial charge in [-0.15, -0.1) is 0 Å². The Balaban J connectivity index is 2.57. The van der Waals surface area contributed by atoms with Crippen LogP contribution in [0.25, 0.3) is 11.1 Å². The summed E-state index contributed by atoms with van der Waals surface area (Å²) in [5.74, 6) is 0.237. The van der Waals surface area contributed by atoms with Gasteiger partial charge in [0.25, 0.3) is 0 Å². The van der Waals surface area contributed by atoms with Crippen molar-refractivity contribution in [2.45, 2.75) is 0 Å². The lowest BCUT2D eigenvalue weighted by atomic mass is 10.1. The fraction of sp³-hybridized carbons (Fsp3) is 0. The van der Waals surface area contributed by atoms with Crippen LogP contribution in [0.3, 0.4) is 0 Å². The van der Waals surface area contributed by atoms with Crippen LogP contribution < -0.4 is 0 Å². The molecule has 0 aliphatic heterocycles. The van der Waals surface area contributed by atoms with E-state index in [0.717, 1.165) is 11.1 Å². The molecule has 0 bridgehead atoms. The van der Waals surface area contributed by atoms with Crippen molar-refractivity contribution < 1.29 is 5.11 Å². The number of halogens is 1. The first-order valence-electron chi connectivity index (χ1n) is 4.22. The standard InChI is InChI=1S/C12H8ClO/c13-10-6-7-12(14)11(8-10)9-4-2-1-3-5-9/h2-8,14H. The summed E-state index contributed by atoms with van der Waals surface area (Å²) in [6, 6.07) is 15.3. The molecule has 2 rings (SSSR count). The Morgan fingerprint density at radius 3 is 2.50 bits per heavy atom. The zero-order valence-corrected chi connectivity index (χ0v) is 8.12. The van der Waals surface area contributed by atoms with E-state index in [1.54, 1.807) is 30.3 Å². The highest BCUT2D eigenvalue weighted by molar-refractivity contribution is 6.30. The molecule has 2 aromatic carbocycles. The van der Waals surface area contributed by atoms with Gasteiger partial charge in [-0.2, -0.15) is 0 Å². The van der Waals surface area contributed by atoms with Crippen molar-refractivity contribution in [2.75, 3.05) is 0 Å². The molecule has 14 heavy (non-hydrogen) atoms. The van der Waals surface area contributed by atoms with Gasteiger partial charge < -0.3 is 5.11 Å². The number of phenols is 1. The van der Waals surface area contributed by atoms with Crippen LogP contribution in [0.15, 0.2) is 42.5 Å². The van der Waals surface area contributed by atoms with Crippen LogP contribution in [0.2, 0.25) is 5.02 Å². The molecule has 0 fully saturated rings. The van der Waals surface area contributed by atoms with E-state index < -0.39 is 0 Å². The maximum Gasteiger partial charge on any atom is 0.123 e. The Morgan fingerprint density at radius 1 is 1.07 bits per heavy atom. The molecule has 0 aromatic heterocycles. The van der Waals surface area contributed by atoms with Crippen LogP contribution in [0.4, 0.5) is 0 Å². The minimum absolute atomic E-state index is 0.237. The molecule has 2 aromatic rings. The smallest absolute Gasteiger partial charge is 0.123 e. The minimum Gasteiger partial charge on any atom is -0.507 e. The number of hydrogen-bond donors (Lipinski definition) is 1. The molecule has 1 radical (unpaired) electrons. The molecule has 0 atom stereocenters. The van der Waals surface area contributed by atoms with Crippen molar-refractivity contribution in [2.24, 2.45) is 0 Å². The lowest BCUT2D eigenvalue weighted by molar-refractivity contribution is 0.477. The number of hydrogen-bond acceptors (Lipinski definition) is 1. The first-order chi connectivity index (χ1) is 6.77. The van der Waals surface area contributed by atoms with Crippen molar-refractivity contribution in [3.05, 3.63) is 53.6 Å². The maximum absolute atomic E-state index is 9.62. The molecule has 2 heteroatoms. The number of phenolic OH excluding ortho intramolecular Hbond substituents is 1. The van der Waals surface area contributed by atoms with Gasteiger partial charge in [0, 0.05) is 10.6 Å². The van der Waals surface area contributed by atoms with Gasteiger partial charge in [-0.05, 0) is 29.8 Å². The second-order valence-electron chi connectivity index (χ2n) is 2.95. The van der Waals surface area contributed by atoms with Crippen LogP contribution in [0, 0.1) is 6.07 Å². The van der Waals surface area contributed by atoms with Gasteiger partial charge in [-0.1, -0.05) is 35.9 Å². The average molecular weight is 204 g/mol. The largest absolute Gasteiger partial charge is 0.507 e. The van der Waals surface area contributed by atoms with Crippen molar-refractivity contribution in [3.63, 3.8) is 0 Å². The predicted octanol–water partition coefficient (Wildman–Crippen LogP) is 3.51. The van der Waals surface area contributed by atoms with Gasteiger partial charge in [0.15, 0.2) is 0 Å². The summed E-state index contributed by atoms with van der Waals surface area (Å²) in [7, 11) is 0. The lowest BCUT2D eigenvalue weighted by Gasteiger charge is -2.04. The van der Waals surface area contributed by atoms with E-state index in [1.165, 1.54) is 0 Å². The molecular weight excluding hydrogens is 196 g/mol. The first-order valence-corrected chi connectivity index (χ1v) is 4.60. The molecular formula is C12H8ClO. The molecule has 0 spiro atoms. The summed E-state index contributed by atoms with van der Waals surface area (Å²) in [5.41, 5.74) is 1.68. The van der Waals surface area contributed by atoms with Crippen molar-refractivity contribution in [1.29, 1.82) is 0 Å². The summed E-state index contributed by atoms with van der Waals surface area (Å²) < 4.78 is 0. The predicted molar refractivity (Wildman–Crippen MR) is 57.4 cm³/mol. The third kappa shape index (κ3) is 1.73. The molecule has 1 N–H and O–H groups in total. The number of aromatic hydroxyl groups is 1. The highest BCUT2D eigenvalue weighted by Gasteiger charge is 2.03. The van der Waals surface area contributed by atoms with E-state index >= 15 is 0 Å². The normalized spacial score (nSPS) is 10.1. The molecule has 0 aliphatic carbocycles. The minimum atomic E-state index is 0.237.